The molecule has 4 aromatic rings. The van der Waals surface area contributed by atoms with E-state index in [-0.39, 0.29) is 17.6 Å². The molecule has 0 spiro atoms. The Balaban J connectivity index is 1.29. The van der Waals surface area contributed by atoms with Gasteiger partial charge in [-0.05, 0) is 92.4 Å². The second-order valence-electron chi connectivity index (χ2n) is 11.3. The van der Waals surface area contributed by atoms with Crippen LogP contribution in [0.25, 0.3) is 16.9 Å². The second-order valence-corrected chi connectivity index (χ2v) is 11.3. The van der Waals surface area contributed by atoms with Crippen LogP contribution < -0.4 is 0 Å². The van der Waals surface area contributed by atoms with Crippen molar-refractivity contribution < 1.29 is 14.0 Å². The van der Waals surface area contributed by atoms with Crippen molar-refractivity contribution in [1.82, 2.24) is 14.4 Å². The summed E-state index contributed by atoms with van der Waals surface area (Å²) in [6.45, 7) is 8.14. The Morgan fingerprint density at radius 1 is 0.738 bits per heavy atom. The fraction of sp³-hybridized carbons (Fsp3) is 0.333. The van der Waals surface area contributed by atoms with Crippen molar-refractivity contribution in [3.8, 4) is 16.9 Å². The van der Waals surface area contributed by atoms with Crippen molar-refractivity contribution in [2.24, 2.45) is 0 Å². The van der Waals surface area contributed by atoms with E-state index in [1.807, 2.05) is 66.1 Å². The lowest BCUT2D eigenvalue weighted by atomic mass is 10.0. The summed E-state index contributed by atoms with van der Waals surface area (Å²) in [6, 6.07) is 24.4. The minimum absolute atomic E-state index is 0.0138. The Hall–Kier alpha value is -4.19. The molecule has 0 atom stereocenters. The zero-order chi connectivity index (χ0) is 29.6. The number of amides is 2. The normalized spacial score (nSPS) is 13.4. The number of rotatable bonds is 9. The van der Waals surface area contributed by atoms with Crippen LogP contribution in [0, 0.1) is 19.7 Å². The summed E-state index contributed by atoms with van der Waals surface area (Å²) in [6.07, 6.45) is 5.95. The molecule has 0 aliphatic carbocycles. The predicted molar refractivity (Wildman–Crippen MR) is 167 cm³/mol. The van der Waals surface area contributed by atoms with Crippen molar-refractivity contribution in [3.05, 3.63) is 113 Å². The molecule has 2 heterocycles. The highest BCUT2D eigenvalue weighted by Gasteiger charge is 2.28. The highest BCUT2D eigenvalue weighted by Crippen LogP contribution is 2.31. The number of benzene rings is 3. The van der Waals surface area contributed by atoms with Crippen molar-refractivity contribution >= 4 is 11.8 Å². The lowest BCUT2D eigenvalue weighted by Gasteiger charge is -2.35. The number of carbonyl (C=O) groups is 2. The zero-order valence-electron chi connectivity index (χ0n) is 24.9. The van der Waals surface area contributed by atoms with E-state index in [4.69, 9.17) is 0 Å². The smallest absolute Gasteiger partial charge is 0.255 e. The highest BCUT2D eigenvalue weighted by atomic mass is 19.1. The molecule has 1 aromatic heterocycles. The quantitative estimate of drug-likeness (QED) is 0.196. The van der Waals surface area contributed by atoms with Crippen LogP contribution in [0.4, 0.5) is 4.39 Å². The molecule has 5 rings (SSSR count). The van der Waals surface area contributed by atoms with E-state index in [1.165, 1.54) is 43.4 Å². The Labute approximate surface area is 248 Å². The Morgan fingerprint density at radius 2 is 1.36 bits per heavy atom. The van der Waals surface area contributed by atoms with E-state index in [1.54, 1.807) is 12.1 Å². The molecular formula is C36H40FN3O2. The topological polar surface area (TPSA) is 45.6 Å². The minimum atomic E-state index is -0.300. The van der Waals surface area contributed by atoms with Crippen molar-refractivity contribution in [2.45, 2.75) is 52.9 Å². The van der Waals surface area contributed by atoms with Gasteiger partial charge in [-0.2, -0.15) is 0 Å². The third-order valence-corrected chi connectivity index (χ3v) is 8.28. The van der Waals surface area contributed by atoms with Gasteiger partial charge in [-0.1, -0.05) is 56.0 Å². The van der Waals surface area contributed by atoms with Gasteiger partial charge in [-0.25, -0.2) is 4.39 Å². The van der Waals surface area contributed by atoms with Crippen molar-refractivity contribution in [1.29, 1.82) is 0 Å². The van der Waals surface area contributed by atoms with Gasteiger partial charge < -0.3 is 14.4 Å². The monoisotopic (exact) mass is 565 g/mol. The SMILES string of the molecule is CCCCCCc1ccc(C(=O)N2CCN(C(=O)c3cc(-c4ccc(F)cc4)n(-c4ccc(C)cc4)c3C)CC2)cc1. The molecular weight excluding hydrogens is 525 g/mol. The predicted octanol–water partition coefficient (Wildman–Crippen LogP) is 7.62. The fourth-order valence-corrected chi connectivity index (χ4v) is 5.72. The number of unbranched alkanes of at least 4 members (excludes halogenated alkanes) is 3. The third-order valence-electron chi connectivity index (χ3n) is 8.28. The van der Waals surface area contributed by atoms with Crippen LogP contribution in [0.3, 0.4) is 0 Å². The molecule has 3 aromatic carbocycles. The Morgan fingerprint density at radius 3 is 1.98 bits per heavy atom. The number of hydrogen-bond donors (Lipinski definition) is 0. The van der Waals surface area contributed by atoms with E-state index in [9.17, 15) is 14.0 Å². The molecule has 1 aliphatic heterocycles. The second kappa shape index (κ2) is 13.2. The minimum Gasteiger partial charge on any atom is -0.335 e. The molecule has 2 amide bonds. The summed E-state index contributed by atoms with van der Waals surface area (Å²) >= 11 is 0. The van der Waals surface area contributed by atoms with Gasteiger partial charge in [0.25, 0.3) is 11.8 Å². The number of halogens is 1. The van der Waals surface area contributed by atoms with E-state index >= 15 is 0 Å². The molecule has 1 saturated heterocycles. The molecule has 6 heteroatoms. The Bertz CT molecular complexity index is 1510. The van der Waals surface area contributed by atoms with Crippen LogP contribution in [0.15, 0.2) is 78.9 Å². The first-order chi connectivity index (χ1) is 20.4. The van der Waals surface area contributed by atoms with Gasteiger partial charge in [0.15, 0.2) is 0 Å². The molecule has 5 nitrogen and oxygen atoms in total. The lowest BCUT2D eigenvalue weighted by Crippen LogP contribution is -2.50. The van der Waals surface area contributed by atoms with Gasteiger partial charge in [-0.3, -0.25) is 9.59 Å². The number of piperazine rings is 1. The van der Waals surface area contributed by atoms with Crippen molar-refractivity contribution in [3.63, 3.8) is 0 Å². The first-order valence-electron chi connectivity index (χ1n) is 15.1. The van der Waals surface area contributed by atoms with Gasteiger partial charge >= 0.3 is 0 Å². The van der Waals surface area contributed by atoms with Crippen LogP contribution in [-0.4, -0.2) is 52.4 Å². The van der Waals surface area contributed by atoms with Crippen LogP contribution >= 0.6 is 0 Å². The van der Waals surface area contributed by atoms with Gasteiger partial charge in [-0.15, -0.1) is 0 Å². The first kappa shape index (κ1) is 29.3. The number of aromatic nitrogens is 1. The summed E-state index contributed by atoms with van der Waals surface area (Å²) in [5.74, 6) is -0.341. The Kier molecular flexibility index (Phi) is 9.21. The molecule has 0 N–H and O–H groups in total. The standard InChI is InChI=1S/C36H40FN3O2/c1-4-5-6-7-8-28-11-13-30(14-12-28)35(41)38-21-23-39(24-22-38)36(42)33-25-34(29-15-17-31(37)18-16-29)40(27(33)3)32-19-9-26(2)10-20-32/h9-20,25H,4-8,21-24H2,1-3H3. The number of hydrogen-bond acceptors (Lipinski definition) is 2. The average molecular weight is 566 g/mol. The zero-order valence-corrected chi connectivity index (χ0v) is 24.9. The van der Waals surface area contributed by atoms with Crippen LogP contribution in [0.5, 0.6) is 0 Å². The van der Waals surface area contributed by atoms with Gasteiger partial charge in [0.05, 0.1) is 11.3 Å². The van der Waals surface area contributed by atoms with Crippen molar-refractivity contribution in [2.75, 3.05) is 26.2 Å². The molecule has 0 bridgehead atoms. The average Bonchev–Trinajstić information content (AvgIpc) is 3.36. The van der Waals surface area contributed by atoms with Gasteiger partial charge in [0.2, 0.25) is 0 Å². The largest absolute Gasteiger partial charge is 0.335 e. The van der Waals surface area contributed by atoms with E-state index in [2.05, 4.69) is 23.6 Å². The maximum atomic E-state index is 13.8. The van der Waals surface area contributed by atoms with Gasteiger partial charge in [0, 0.05) is 43.1 Å². The first-order valence-corrected chi connectivity index (χ1v) is 15.1. The fourth-order valence-electron chi connectivity index (χ4n) is 5.72. The third kappa shape index (κ3) is 6.48. The molecule has 1 fully saturated rings. The maximum absolute atomic E-state index is 13.8. The summed E-state index contributed by atoms with van der Waals surface area (Å²) in [7, 11) is 0. The summed E-state index contributed by atoms with van der Waals surface area (Å²) in [4.78, 5) is 30.7. The number of aryl methyl sites for hydroxylation is 2. The maximum Gasteiger partial charge on any atom is 0.255 e. The molecule has 1 aliphatic rings. The van der Waals surface area contributed by atoms with Crippen LogP contribution in [0.2, 0.25) is 0 Å². The summed E-state index contributed by atoms with van der Waals surface area (Å²) < 4.78 is 15.8. The summed E-state index contributed by atoms with van der Waals surface area (Å²) in [5.41, 5.74) is 7.17. The van der Waals surface area contributed by atoms with Crippen LogP contribution in [0.1, 0.15) is 70.1 Å². The molecule has 218 valence electrons. The van der Waals surface area contributed by atoms with E-state index in [0.717, 1.165) is 34.6 Å². The van der Waals surface area contributed by atoms with E-state index < -0.39 is 0 Å². The number of nitrogens with zero attached hydrogens (tertiary/aromatic N) is 3. The molecule has 0 radical (unpaired) electrons. The number of carbonyl (C=O) groups excluding carboxylic acids is 2. The van der Waals surface area contributed by atoms with Crippen LogP contribution in [-0.2, 0) is 6.42 Å². The molecule has 0 saturated carbocycles. The highest BCUT2D eigenvalue weighted by molar-refractivity contribution is 5.98. The molecule has 42 heavy (non-hydrogen) atoms. The van der Waals surface area contributed by atoms with Gasteiger partial charge in [0.1, 0.15) is 5.82 Å². The van der Waals surface area contributed by atoms with E-state index in [0.29, 0.717) is 37.3 Å². The lowest BCUT2D eigenvalue weighted by molar-refractivity contribution is 0.0535. The summed E-state index contributed by atoms with van der Waals surface area (Å²) in [5, 5.41) is 0. The molecule has 0 unspecified atom stereocenters.